The van der Waals surface area contributed by atoms with E-state index in [1.165, 1.54) is 7.11 Å². The van der Waals surface area contributed by atoms with Gasteiger partial charge in [0.05, 0.1) is 21.3 Å². The van der Waals surface area contributed by atoms with Crippen LogP contribution < -0.4 is 0 Å². The van der Waals surface area contributed by atoms with Gasteiger partial charge in [-0.15, -0.1) is 0 Å². The quantitative estimate of drug-likeness (QED) is 0.454. The van der Waals surface area contributed by atoms with Crippen molar-refractivity contribution >= 4 is 14.0 Å². The predicted octanol–water partition coefficient (Wildman–Crippen LogP) is 2.93. The molecule has 1 N–H and O–H groups in total. The number of benzene rings is 1. The van der Waals surface area contributed by atoms with Crippen molar-refractivity contribution in [2.24, 2.45) is 0 Å². The third kappa shape index (κ3) is 7.54. The molecule has 0 bridgehead atoms. The normalized spacial score (nSPS) is 14.8. The molecule has 0 saturated heterocycles. The maximum atomic E-state index is 11.3. The number of aliphatic hydroxyl groups excluding tert-OH is 1. The van der Waals surface area contributed by atoms with Gasteiger partial charge in [0, 0.05) is 0 Å². The van der Waals surface area contributed by atoms with Gasteiger partial charge in [-0.1, -0.05) is 61.7 Å². The Morgan fingerprint density at radius 3 is 2.45 bits per heavy atom. The SMILES string of the molecule is COC(=O)C(O)OC(C/C=C\[Si](C)(C)C)Cc1ccccc1. The Morgan fingerprint density at radius 2 is 1.91 bits per heavy atom. The third-order valence-electron chi connectivity index (χ3n) is 3.05. The molecule has 0 aliphatic carbocycles. The van der Waals surface area contributed by atoms with E-state index in [2.05, 4.69) is 36.2 Å². The molecule has 0 radical (unpaired) electrons. The van der Waals surface area contributed by atoms with Crippen LogP contribution in [0.25, 0.3) is 0 Å². The van der Waals surface area contributed by atoms with Gasteiger partial charge in [-0.25, -0.2) is 4.79 Å². The van der Waals surface area contributed by atoms with Crippen LogP contribution in [0.3, 0.4) is 0 Å². The third-order valence-corrected chi connectivity index (χ3v) is 4.28. The largest absolute Gasteiger partial charge is 0.465 e. The molecular formula is C17H26O4Si. The van der Waals surface area contributed by atoms with E-state index >= 15 is 0 Å². The van der Waals surface area contributed by atoms with Gasteiger partial charge in [0.1, 0.15) is 0 Å². The van der Waals surface area contributed by atoms with Crippen molar-refractivity contribution in [1.82, 2.24) is 0 Å². The second kappa shape index (κ2) is 8.88. The Morgan fingerprint density at radius 1 is 1.27 bits per heavy atom. The monoisotopic (exact) mass is 322 g/mol. The molecule has 22 heavy (non-hydrogen) atoms. The van der Waals surface area contributed by atoms with Crippen molar-refractivity contribution in [3.63, 3.8) is 0 Å². The molecule has 1 rings (SSSR count). The highest BCUT2D eigenvalue weighted by atomic mass is 28.3. The Labute approximate surface area is 133 Å². The first-order chi connectivity index (χ1) is 10.3. The van der Waals surface area contributed by atoms with Crippen LogP contribution in [-0.2, 0) is 20.7 Å². The van der Waals surface area contributed by atoms with Crippen LogP contribution >= 0.6 is 0 Å². The van der Waals surface area contributed by atoms with E-state index in [4.69, 9.17) is 4.74 Å². The average molecular weight is 322 g/mol. The molecule has 1 aromatic rings. The number of aliphatic hydroxyl groups is 1. The van der Waals surface area contributed by atoms with Crippen LogP contribution in [0.15, 0.2) is 42.1 Å². The minimum atomic E-state index is -1.54. The minimum absolute atomic E-state index is 0.274. The summed E-state index contributed by atoms with van der Waals surface area (Å²) in [6.45, 7) is 6.75. The first-order valence-electron chi connectivity index (χ1n) is 7.45. The summed E-state index contributed by atoms with van der Waals surface area (Å²) in [4.78, 5) is 11.3. The molecule has 0 aliphatic rings. The van der Waals surface area contributed by atoms with E-state index in [0.29, 0.717) is 12.8 Å². The standard InChI is InChI=1S/C17H26O4Si/c1-20-16(18)17(19)21-15(11-8-12-22(2,3)4)13-14-9-6-5-7-10-14/h5-10,12,15,17,19H,11,13H2,1-4H3/b12-8-. The molecule has 5 heteroatoms. The highest BCUT2D eigenvalue weighted by Gasteiger charge is 2.21. The Balaban J connectivity index is 2.72. The van der Waals surface area contributed by atoms with Crippen LogP contribution in [0.2, 0.25) is 19.6 Å². The van der Waals surface area contributed by atoms with Gasteiger partial charge < -0.3 is 14.6 Å². The van der Waals surface area contributed by atoms with Gasteiger partial charge in [-0.3, -0.25) is 0 Å². The summed E-state index contributed by atoms with van der Waals surface area (Å²) in [5.41, 5.74) is 3.34. The minimum Gasteiger partial charge on any atom is -0.465 e. The molecule has 0 amide bonds. The summed E-state index contributed by atoms with van der Waals surface area (Å²) in [6.07, 6.45) is 1.55. The number of ether oxygens (including phenoxy) is 2. The molecule has 1 aromatic carbocycles. The van der Waals surface area contributed by atoms with Gasteiger partial charge in [0.15, 0.2) is 0 Å². The van der Waals surface area contributed by atoms with Gasteiger partial charge >= 0.3 is 5.97 Å². The van der Waals surface area contributed by atoms with E-state index in [-0.39, 0.29) is 6.10 Å². The Bertz CT molecular complexity index is 479. The van der Waals surface area contributed by atoms with Crippen LogP contribution in [0.1, 0.15) is 12.0 Å². The highest BCUT2D eigenvalue weighted by Crippen LogP contribution is 2.13. The fourth-order valence-corrected chi connectivity index (χ4v) is 2.82. The zero-order chi connectivity index (χ0) is 16.6. The van der Waals surface area contributed by atoms with Gasteiger partial charge in [-0.05, 0) is 18.4 Å². The number of rotatable bonds is 8. The number of hydrogen-bond donors (Lipinski definition) is 1. The van der Waals surface area contributed by atoms with E-state index in [0.717, 1.165) is 5.56 Å². The van der Waals surface area contributed by atoms with E-state index in [9.17, 15) is 9.90 Å². The molecule has 0 heterocycles. The topological polar surface area (TPSA) is 55.8 Å². The molecule has 122 valence electrons. The molecule has 0 aromatic heterocycles. The fraction of sp³-hybridized carbons (Fsp3) is 0.471. The lowest BCUT2D eigenvalue weighted by atomic mass is 10.1. The molecule has 0 aliphatic heterocycles. The molecule has 0 saturated carbocycles. The number of esters is 1. The number of carbonyl (C=O) groups is 1. The number of carbonyl (C=O) groups excluding carboxylic acids is 1. The number of hydrogen-bond acceptors (Lipinski definition) is 4. The molecule has 0 spiro atoms. The van der Waals surface area contributed by atoms with E-state index in [1.54, 1.807) is 0 Å². The van der Waals surface area contributed by atoms with Gasteiger partial charge in [0.25, 0.3) is 6.29 Å². The lowest BCUT2D eigenvalue weighted by Crippen LogP contribution is -2.31. The Kier molecular flexibility index (Phi) is 7.51. The lowest BCUT2D eigenvalue weighted by molar-refractivity contribution is -0.189. The van der Waals surface area contributed by atoms with E-state index < -0.39 is 20.3 Å². The number of methoxy groups -OCH3 is 1. The van der Waals surface area contributed by atoms with E-state index in [1.807, 2.05) is 30.3 Å². The lowest BCUT2D eigenvalue weighted by Gasteiger charge is -2.20. The molecule has 2 atom stereocenters. The van der Waals surface area contributed by atoms with Gasteiger partial charge in [0.2, 0.25) is 0 Å². The fourth-order valence-electron chi connectivity index (χ4n) is 1.98. The summed E-state index contributed by atoms with van der Waals surface area (Å²) in [5, 5.41) is 9.71. The molecule has 2 unspecified atom stereocenters. The van der Waals surface area contributed by atoms with Crippen molar-refractivity contribution in [2.75, 3.05) is 7.11 Å². The van der Waals surface area contributed by atoms with Crippen molar-refractivity contribution < 1.29 is 19.4 Å². The predicted molar refractivity (Wildman–Crippen MR) is 90.1 cm³/mol. The molecule has 4 nitrogen and oxygen atoms in total. The van der Waals surface area contributed by atoms with Crippen molar-refractivity contribution in [3.05, 3.63) is 47.7 Å². The van der Waals surface area contributed by atoms with Crippen LogP contribution in [-0.4, -0.2) is 38.7 Å². The zero-order valence-electron chi connectivity index (χ0n) is 13.8. The van der Waals surface area contributed by atoms with Crippen molar-refractivity contribution in [1.29, 1.82) is 0 Å². The van der Waals surface area contributed by atoms with Crippen LogP contribution in [0.5, 0.6) is 0 Å². The van der Waals surface area contributed by atoms with Crippen molar-refractivity contribution in [2.45, 2.75) is 44.9 Å². The maximum Gasteiger partial charge on any atom is 0.363 e. The van der Waals surface area contributed by atoms with Crippen molar-refractivity contribution in [3.8, 4) is 0 Å². The highest BCUT2D eigenvalue weighted by molar-refractivity contribution is 6.80. The second-order valence-electron chi connectivity index (χ2n) is 6.33. The molecule has 0 fully saturated rings. The summed E-state index contributed by atoms with van der Waals surface area (Å²) in [6, 6.07) is 9.88. The summed E-state index contributed by atoms with van der Waals surface area (Å²) in [7, 11) is -0.0466. The average Bonchev–Trinajstić information content (AvgIpc) is 2.45. The summed E-state index contributed by atoms with van der Waals surface area (Å²) >= 11 is 0. The Hall–Kier alpha value is -1.43. The first kappa shape index (κ1) is 18.6. The second-order valence-corrected chi connectivity index (χ2v) is 11.4. The van der Waals surface area contributed by atoms with Crippen LogP contribution in [0, 0.1) is 0 Å². The summed E-state index contributed by atoms with van der Waals surface area (Å²) in [5.74, 6) is -0.771. The molecular weight excluding hydrogens is 296 g/mol. The zero-order valence-corrected chi connectivity index (χ0v) is 14.8. The maximum absolute atomic E-state index is 11.3. The van der Waals surface area contributed by atoms with Crippen LogP contribution in [0.4, 0.5) is 0 Å². The van der Waals surface area contributed by atoms with Gasteiger partial charge in [-0.2, -0.15) is 0 Å². The summed E-state index contributed by atoms with van der Waals surface area (Å²) < 4.78 is 9.96. The first-order valence-corrected chi connectivity index (χ1v) is 11.0. The smallest absolute Gasteiger partial charge is 0.363 e.